The number of carbonyl (C=O) groups excluding carboxylic acids is 1. The predicted molar refractivity (Wildman–Crippen MR) is 45.3 cm³/mol. The number of carboxylic acids is 1. The lowest BCUT2D eigenvalue weighted by atomic mass is 10.2. The minimum absolute atomic E-state index is 0.616. The standard InChI is InChI=1S/C5H11N2O6P/c6-5(10)3(1-4(8)9)7-2-14(11,12)13/h3,7H,1-2H2,(H2,6,10)(H,8,9)(H2,11,12,13)/t3-/m0/s1. The second-order valence-electron chi connectivity index (χ2n) is 2.58. The Morgan fingerprint density at radius 1 is 1.43 bits per heavy atom. The third-order valence-corrected chi connectivity index (χ3v) is 1.86. The number of primary amides is 1. The van der Waals surface area contributed by atoms with Gasteiger partial charge in [-0.2, -0.15) is 0 Å². The summed E-state index contributed by atoms with van der Waals surface area (Å²) in [5, 5.41) is 10.4. The highest BCUT2D eigenvalue weighted by molar-refractivity contribution is 7.51. The highest BCUT2D eigenvalue weighted by atomic mass is 31.2. The second kappa shape index (κ2) is 5.06. The van der Waals surface area contributed by atoms with Gasteiger partial charge in [-0.05, 0) is 0 Å². The van der Waals surface area contributed by atoms with Crippen LogP contribution < -0.4 is 11.1 Å². The maximum atomic E-state index is 10.6. The number of hydrogen-bond acceptors (Lipinski definition) is 4. The molecule has 82 valence electrons. The van der Waals surface area contributed by atoms with Gasteiger partial charge in [0.1, 0.15) is 0 Å². The Hall–Kier alpha value is -0.950. The zero-order valence-corrected chi connectivity index (χ0v) is 7.98. The van der Waals surface area contributed by atoms with E-state index in [1.54, 1.807) is 0 Å². The molecule has 0 bridgehead atoms. The molecule has 14 heavy (non-hydrogen) atoms. The monoisotopic (exact) mass is 226 g/mol. The van der Waals surface area contributed by atoms with Crippen molar-refractivity contribution in [3.63, 3.8) is 0 Å². The van der Waals surface area contributed by atoms with Crippen LogP contribution in [-0.2, 0) is 14.2 Å². The Bertz CT molecular complexity index is 273. The van der Waals surface area contributed by atoms with E-state index in [9.17, 15) is 14.2 Å². The van der Waals surface area contributed by atoms with Crippen molar-refractivity contribution in [1.82, 2.24) is 5.32 Å². The number of hydrogen-bond donors (Lipinski definition) is 5. The summed E-state index contributed by atoms with van der Waals surface area (Å²) in [7, 11) is -4.31. The smallest absolute Gasteiger partial charge is 0.339 e. The summed E-state index contributed by atoms with van der Waals surface area (Å²) in [6, 6.07) is -1.28. The molecule has 0 spiro atoms. The topological polar surface area (TPSA) is 150 Å². The van der Waals surface area contributed by atoms with Gasteiger partial charge >= 0.3 is 13.6 Å². The molecule has 0 aliphatic carbocycles. The van der Waals surface area contributed by atoms with E-state index in [1.807, 2.05) is 0 Å². The van der Waals surface area contributed by atoms with Gasteiger partial charge < -0.3 is 20.6 Å². The summed E-state index contributed by atoms with van der Waals surface area (Å²) in [5.41, 5.74) is 4.80. The molecule has 0 aromatic heterocycles. The van der Waals surface area contributed by atoms with Crippen LogP contribution in [0.2, 0.25) is 0 Å². The lowest BCUT2D eigenvalue weighted by Crippen LogP contribution is -2.43. The lowest BCUT2D eigenvalue weighted by Gasteiger charge is -2.13. The first-order valence-corrected chi connectivity index (χ1v) is 5.31. The number of amides is 1. The Balaban J connectivity index is 4.18. The molecule has 0 fully saturated rings. The molecule has 6 N–H and O–H groups in total. The van der Waals surface area contributed by atoms with E-state index in [4.69, 9.17) is 20.6 Å². The highest BCUT2D eigenvalue weighted by Gasteiger charge is 2.22. The number of aliphatic carboxylic acids is 1. The molecular formula is C5H11N2O6P. The van der Waals surface area contributed by atoms with Crippen LogP contribution in [0.25, 0.3) is 0 Å². The Morgan fingerprint density at radius 3 is 2.21 bits per heavy atom. The van der Waals surface area contributed by atoms with Crippen LogP contribution in [0.5, 0.6) is 0 Å². The normalized spacial score (nSPS) is 13.6. The third kappa shape index (κ3) is 6.55. The molecule has 0 rings (SSSR count). The zero-order valence-electron chi connectivity index (χ0n) is 7.08. The van der Waals surface area contributed by atoms with Gasteiger partial charge in [0.05, 0.1) is 18.7 Å². The number of carbonyl (C=O) groups is 2. The van der Waals surface area contributed by atoms with Gasteiger partial charge in [-0.1, -0.05) is 0 Å². The van der Waals surface area contributed by atoms with Crippen LogP contribution in [0.15, 0.2) is 0 Å². The molecule has 0 radical (unpaired) electrons. The Kier molecular flexibility index (Phi) is 4.72. The largest absolute Gasteiger partial charge is 0.481 e. The molecule has 0 aromatic rings. The van der Waals surface area contributed by atoms with Gasteiger partial charge in [-0.25, -0.2) is 0 Å². The van der Waals surface area contributed by atoms with Crippen LogP contribution in [0, 0.1) is 0 Å². The van der Waals surface area contributed by atoms with Crippen LogP contribution in [0.3, 0.4) is 0 Å². The van der Waals surface area contributed by atoms with Gasteiger partial charge in [-0.15, -0.1) is 0 Å². The van der Waals surface area contributed by atoms with Crippen LogP contribution >= 0.6 is 7.60 Å². The maximum Gasteiger partial charge on any atom is 0.339 e. The van der Waals surface area contributed by atoms with E-state index < -0.39 is 38.2 Å². The molecular weight excluding hydrogens is 215 g/mol. The van der Waals surface area contributed by atoms with Crippen molar-refractivity contribution < 1.29 is 29.0 Å². The minimum Gasteiger partial charge on any atom is -0.481 e. The van der Waals surface area contributed by atoms with Crippen molar-refractivity contribution >= 4 is 19.5 Å². The van der Waals surface area contributed by atoms with Crippen LogP contribution in [-0.4, -0.2) is 39.1 Å². The molecule has 0 unspecified atom stereocenters. The summed E-state index contributed by atoms with van der Waals surface area (Å²) in [6.45, 7) is 0. The van der Waals surface area contributed by atoms with E-state index in [-0.39, 0.29) is 0 Å². The first-order valence-electron chi connectivity index (χ1n) is 3.51. The maximum absolute atomic E-state index is 10.6. The van der Waals surface area contributed by atoms with E-state index in [1.165, 1.54) is 0 Å². The van der Waals surface area contributed by atoms with Gasteiger partial charge in [0.15, 0.2) is 0 Å². The molecule has 0 aromatic carbocycles. The molecule has 0 aliphatic rings. The SMILES string of the molecule is NC(=O)[C@H](CC(=O)O)NCP(=O)(O)O. The van der Waals surface area contributed by atoms with E-state index in [2.05, 4.69) is 5.32 Å². The van der Waals surface area contributed by atoms with Crippen molar-refractivity contribution in [1.29, 1.82) is 0 Å². The molecule has 0 heterocycles. The molecule has 8 nitrogen and oxygen atoms in total. The van der Waals surface area contributed by atoms with Crippen LogP contribution in [0.1, 0.15) is 6.42 Å². The van der Waals surface area contributed by atoms with Crippen molar-refractivity contribution in [3.05, 3.63) is 0 Å². The fourth-order valence-corrected chi connectivity index (χ4v) is 1.14. The first kappa shape index (κ1) is 13.1. The van der Waals surface area contributed by atoms with Gasteiger partial charge in [-0.3, -0.25) is 19.5 Å². The molecule has 0 aliphatic heterocycles. The van der Waals surface area contributed by atoms with Crippen molar-refractivity contribution in [2.45, 2.75) is 12.5 Å². The number of carboxylic acid groups (broad SMARTS) is 1. The van der Waals surface area contributed by atoms with Crippen molar-refractivity contribution in [3.8, 4) is 0 Å². The van der Waals surface area contributed by atoms with E-state index in [0.717, 1.165) is 0 Å². The summed E-state index contributed by atoms with van der Waals surface area (Å²) in [5.74, 6) is -2.26. The molecule has 1 amide bonds. The van der Waals surface area contributed by atoms with Crippen molar-refractivity contribution in [2.75, 3.05) is 6.29 Å². The minimum atomic E-state index is -4.31. The molecule has 0 saturated carbocycles. The van der Waals surface area contributed by atoms with Gasteiger partial charge in [0.2, 0.25) is 5.91 Å². The second-order valence-corrected chi connectivity index (χ2v) is 4.23. The molecule has 0 saturated heterocycles. The zero-order chi connectivity index (χ0) is 11.4. The number of nitrogens with two attached hydrogens (primary N) is 1. The Morgan fingerprint density at radius 2 is 1.93 bits per heavy atom. The highest BCUT2D eigenvalue weighted by Crippen LogP contribution is 2.32. The summed E-state index contributed by atoms with van der Waals surface area (Å²) in [6.07, 6.45) is -1.40. The number of rotatable bonds is 6. The Labute approximate surface area is 79.3 Å². The average Bonchev–Trinajstić information content (AvgIpc) is 1.94. The molecule has 9 heteroatoms. The average molecular weight is 226 g/mol. The van der Waals surface area contributed by atoms with Crippen molar-refractivity contribution in [2.24, 2.45) is 5.73 Å². The lowest BCUT2D eigenvalue weighted by molar-refractivity contribution is -0.139. The summed E-state index contributed by atoms with van der Waals surface area (Å²) >= 11 is 0. The summed E-state index contributed by atoms with van der Waals surface area (Å²) in [4.78, 5) is 37.7. The number of nitrogens with one attached hydrogen (secondary N) is 1. The molecule has 1 atom stereocenters. The van der Waals surface area contributed by atoms with E-state index in [0.29, 0.717) is 0 Å². The fraction of sp³-hybridized carbons (Fsp3) is 0.600. The van der Waals surface area contributed by atoms with Gasteiger partial charge in [0, 0.05) is 0 Å². The third-order valence-electron chi connectivity index (χ3n) is 1.27. The predicted octanol–water partition coefficient (Wildman–Crippen LogP) is -1.96. The van der Waals surface area contributed by atoms with E-state index >= 15 is 0 Å². The summed E-state index contributed by atoms with van der Waals surface area (Å²) < 4.78 is 10.4. The van der Waals surface area contributed by atoms with Crippen LogP contribution in [0.4, 0.5) is 0 Å². The first-order chi connectivity index (χ1) is 6.22. The van der Waals surface area contributed by atoms with Gasteiger partial charge in [0.25, 0.3) is 0 Å². The quantitative estimate of drug-likeness (QED) is 0.330. The fourth-order valence-electron chi connectivity index (χ4n) is 0.677.